The summed E-state index contributed by atoms with van der Waals surface area (Å²) in [5.41, 5.74) is 0.567. The molecule has 0 radical (unpaired) electrons. The summed E-state index contributed by atoms with van der Waals surface area (Å²) in [6.07, 6.45) is 11.4. The van der Waals surface area contributed by atoms with Crippen molar-refractivity contribution in [3.8, 4) is 23.8 Å². The van der Waals surface area contributed by atoms with Crippen molar-refractivity contribution < 1.29 is 14.3 Å². The van der Waals surface area contributed by atoms with E-state index in [4.69, 9.17) is 15.9 Å². The Morgan fingerprint density at radius 2 is 2.09 bits per heavy atom. The molecule has 1 atom stereocenters. The Morgan fingerprint density at radius 1 is 1.35 bits per heavy atom. The molecule has 1 aromatic rings. The van der Waals surface area contributed by atoms with Gasteiger partial charge in [-0.3, -0.25) is 4.79 Å². The van der Waals surface area contributed by atoms with Crippen LogP contribution in [0, 0.1) is 18.3 Å². The molecule has 0 heterocycles. The summed E-state index contributed by atoms with van der Waals surface area (Å²) in [6.45, 7) is 2.26. The number of benzene rings is 1. The van der Waals surface area contributed by atoms with Crippen molar-refractivity contribution in [2.45, 2.75) is 45.1 Å². The van der Waals surface area contributed by atoms with E-state index in [1.165, 1.54) is 32.1 Å². The van der Waals surface area contributed by atoms with E-state index in [2.05, 4.69) is 18.2 Å². The molecule has 1 saturated carbocycles. The van der Waals surface area contributed by atoms with Crippen LogP contribution in [-0.4, -0.2) is 25.7 Å². The number of methoxy groups -OCH3 is 1. The van der Waals surface area contributed by atoms with Crippen LogP contribution >= 0.6 is 0 Å². The number of carbonyl (C=O) groups excluding carboxylic acids is 1. The molecule has 23 heavy (non-hydrogen) atoms. The maximum absolute atomic E-state index is 12.5. The van der Waals surface area contributed by atoms with E-state index in [9.17, 15) is 4.79 Å². The standard InChI is InChI=1S/C19H25NO3/c1-4-12-23-17-11-10-16(13-18(17)22-3)19(21)20-14(2)15-8-6-5-7-9-15/h1,10-11,13-15H,5-9,12H2,2-3H3,(H,20,21)/t14-/m0/s1. The molecular weight excluding hydrogens is 290 g/mol. The van der Waals surface area contributed by atoms with E-state index >= 15 is 0 Å². The van der Waals surface area contributed by atoms with E-state index < -0.39 is 0 Å². The van der Waals surface area contributed by atoms with Gasteiger partial charge in [-0.25, -0.2) is 0 Å². The van der Waals surface area contributed by atoms with Crippen LogP contribution in [0.15, 0.2) is 18.2 Å². The van der Waals surface area contributed by atoms with Crippen LogP contribution in [0.1, 0.15) is 49.4 Å². The molecule has 1 aromatic carbocycles. The molecule has 1 fully saturated rings. The summed E-state index contributed by atoms with van der Waals surface area (Å²) in [5.74, 6) is 3.96. The highest BCUT2D eigenvalue weighted by molar-refractivity contribution is 5.95. The minimum atomic E-state index is -0.0788. The smallest absolute Gasteiger partial charge is 0.251 e. The third-order valence-electron chi connectivity index (χ3n) is 4.45. The van der Waals surface area contributed by atoms with Gasteiger partial charge in [0.05, 0.1) is 7.11 Å². The first-order valence-electron chi connectivity index (χ1n) is 8.21. The first-order valence-corrected chi connectivity index (χ1v) is 8.21. The van der Waals surface area contributed by atoms with Gasteiger partial charge in [0, 0.05) is 11.6 Å². The number of carbonyl (C=O) groups is 1. The fourth-order valence-corrected chi connectivity index (χ4v) is 3.09. The second-order valence-corrected chi connectivity index (χ2v) is 6.02. The lowest BCUT2D eigenvalue weighted by atomic mass is 9.84. The van der Waals surface area contributed by atoms with Gasteiger partial charge in [0.15, 0.2) is 11.5 Å². The summed E-state index contributed by atoms with van der Waals surface area (Å²) in [5, 5.41) is 3.11. The minimum absolute atomic E-state index is 0.0788. The highest BCUT2D eigenvalue weighted by Crippen LogP contribution is 2.29. The van der Waals surface area contributed by atoms with E-state index in [0.29, 0.717) is 23.0 Å². The lowest BCUT2D eigenvalue weighted by Crippen LogP contribution is -2.38. The molecular formula is C19H25NO3. The maximum Gasteiger partial charge on any atom is 0.251 e. The van der Waals surface area contributed by atoms with E-state index in [-0.39, 0.29) is 18.6 Å². The Kier molecular flexibility index (Phi) is 6.34. The Labute approximate surface area is 138 Å². The highest BCUT2D eigenvalue weighted by atomic mass is 16.5. The SMILES string of the molecule is C#CCOc1ccc(C(=O)N[C@@H](C)C2CCCCC2)cc1OC. The van der Waals surface area contributed by atoms with Gasteiger partial charge in [-0.2, -0.15) is 0 Å². The number of nitrogens with one attached hydrogen (secondary N) is 1. The van der Waals surface area contributed by atoms with Crippen molar-refractivity contribution in [3.63, 3.8) is 0 Å². The lowest BCUT2D eigenvalue weighted by Gasteiger charge is -2.28. The molecule has 1 amide bonds. The largest absolute Gasteiger partial charge is 0.493 e. The van der Waals surface area contributed by atoms with Gasteiger partial charge in [0.2, 0.25) is 0 Å². The average Bonchev–Trinajstić information content (AvgIpc) is 2.60. The Hall–Kier alpha value is -2.15. The van der Waals surface area contributed by atoms with Crippen molar-refractivity contribution in [1.82, 2.24) is 5.32 Å². The van der Waals surface area contributed by atoms with Crippen molar-refractivity contribution in [1.29, 1.82) is 0 Å². The molecule has 0 bridgehead atoms. The Morgan fingerprint density at radius 3 is 2.74 bits per heavy atom. The summed E-state index contributed by atoms with van der Waals surface area (Å²) in [7, 11) is 1.55. The zero-order valence-corrected chi connectivity index (χ0v) is 13.9. The third kappa shape index (κ3) is 4.66. The molecule has 4 heteroatoms. The predicted octanol–water partition coefficient (Wildman–Crippen LogP) is 3.41. The molecule has 0 spiro atoms. The van der Waals surface area contributed by atoms with Crippen molar-refractivity contribution in [2.24, 2.45) is 5.92 Å². The molecule has 124 valence electrons. The maximum atomic E-state index is 12.5. The first-order chi connectivity index (χ1) is 11.2. The van der Waals surface area contributed by atoms with Crippen molar-refractivity contribution in [2.75, 3.05) is 13.7 Å². The molecule has 0 unspecified atom stereocenters. The zero-order valence-electron chi connectivity index (χ0n) is 13.9. The zero-order chi connectivity index (χ0) is 16.7. The van der Waals surface area contributed by atoms with Crippen LogP contribution in [0.5, 0.6) is 11.5 Å². The number of hydrogen-bond acceptors (Lipinski definition) is 3. The van der Waals surface area contributed by atoms with Crippen LogP contribution in [0.4, 0.5) is 0 Å². The van der Waals surface area contributed by atoms with Crippen LogP contribution in [-0.2, 0) is 0 Å². The number of terminal acetylenes is 1. The lowest BCUT2D eigenvalue weighted by molar-refractivity contribution is 0.0919. The molecule has 0 saturated heterocycles. The van der Waals surface area contributed by atoms with E-state index in [1.54, 1.807) is 25.3 Å². The first kappa shape index (κ1) is 17.2. The number of amides is 1. The van der Waals surface area contributed by atoms with Crippen LogP contribution in [0.25, 0.3) is 0 Å². The molecule has 2 rings (SSSR count). The molecule has 1 aliphatic carbocycles. The number of ether oxygens (including phenoxy) is 2. The fraction of sp³-hybridized carbons (Fsp3) is 0.526. The predicted molar refractivity (Wildman–Crippen MR) is 90.8 cm³/mol. The van der Waals surface area contributed by atoms with Gasteiger partial charge in [-0.15, -0.1) is 6.42 Å². The quantitative estimate of drug-likeness (QED) is 0.818. The van der Waals surface area contributed by atoms with Gasteiger partial charge in [-0.1, -0.05) is 25.2 Å². The molecule has 4 nitrogen and oxygen atoms in total. The van der Waals surface area contributed by atoms with Crippen molar-refractivity contribution >= 4 is 5.91 Å². The van der Waals surface area contributed by atoms with Gasteiger partial charge in [0.25, 0.3) is 5.91 Å². The highest BCUT2D eigenvalue weighted by Gasteiger charge is 2.22. The molecule has 1 N–H and O–H groups in total. The molecule has 0 aromatic heterocycles. The molecule has 1 aliphatic rings. The Bertz CT molecular complexity index is 570. The minimum Gasteiger partial charge on any atom is -0.493 e. The van der Waals surface area contributed by atoms with Crippen molar-refractivity contribution in [3.05, 3.63) is 23.8 Å². The fourth-order valence-electron chi connectivity index (χ4n) is 3.09. The summed E-state index contributed by atoms with van der Waals surface area (Å²) < 4.78 is 10.7. The molecule has 0 aliphatic heterocycles. The van der Waals surface area contributed by atoms with Gasteiger partial charge in [0.1, 0.15) is 6.61 Å². The van der Waals surface area contributed by atoms with Gasteiger partial charge >= 0.3 is 0 Å². The second kappa shape index (κ2) is 8.47. The van der Waals surface area contributed by atoms with E-state index in [0.717, 1.165) is 0 Å². The summed E-state index contributed by atoms with van der Waals surface area (Å²) in [6, 6.07) is 5.33. The van der Waals surface area contributed by atoms with Crippen LogP contribution in [0.2, 0.25) is 0 Å². The summed E-state index contributed by atoms with van der Waals surface area (Å²) in [4.78, 5) is 12.5. The monoisotopic (exact) mass is 315 g/mol. The third-order valence-corrected chi connectivity index (χ3v) is 4.45. The average molecular weight is 315 g/mol. The van der Waals surface area contributed by atoms with E-state index in [1.807, 2.05) is 0 Å². The number of hydrogen-bond donors (Lipinski definition) is 1. The van der Waals surface area contributed by atoms with Crippen LogP contribution in [0.3, 0.4) is 0 Å². The van der Waals surface area contributed by atoms with Crippen LogP contribution < -0.4 is 14.8 Å². The normalized spacial score (nSPS) is 16.2. The Balaban J connectivity index is 2.02. The summed E-state index contributed by atoms with van der Waals surface area (Å²) >= 11 is 0. The topological polar surface area (TPSA) is 47.6 Å². The van der Waals surface area contributed by atoms with Gasteiger partial charge < -0.3 is 14.8 Å². The number of rotatable bonds is 6. The second-order valence-electron chi connectivity index (χ2n) is 6.02. The van der Waals surface area contributed by atoms with Gasteiger partial charge in [-0.05, 0) is 43.9 Å².